The van der Waals surface area contributed by atoms with E-state index >= 15 is 0 Å². The summed E-state index contributed by atoms with van der Waals surface area (Å²) >= 11 is 11.0. The van der Waals surface area contributed by atoms with Gasteiger partial charge in [-0.2, -0.15) is 5.26 Å². The molecule has 1 aromatic rings. The summed E-state index contributed by atoms with van der Waals surface area (Å²) in [6.45, 7) is 4.68. The van der Waals surface area contributed by atoms with Gasteiger partial charge in [0.15, 0.2) is 11.5 Å². The van der Waals surface area contributed by atoms with Crippen molar-refractivity contribution in [1.29, 1.82) is 5.26 Å². The molecule has 4 nitrogen and oxygen atoms in total. The summed E-state index contributed by atoms with van der Waals surface area (Å²) in [7, 11) is 0. The number of nitrogens with zero attached hydrogens (tertiary/aromatic N) is 1. The molecule has 0 aliphatic carbocycles. The van der Waals surface area contributed by atoms with Crippen molar-refractivity contribution in [2.45, 2.75) is 13.8 Å². The number of halogens is 1. The Morgan fingerprint density at radius 1 is 1.40 bits per heavy atom. The van der Waals surface area contributed by atoms with Gasteiger partial charge in [-0.1, -0.05) is 23.8 Å². The number of hydrogen-bond acceptors (Lipinski definition) is 4. The van der Waals surface area contributed by atoms with Crippen molar-refractivity contribution in [3.8, 4) is 17.6 Å². The van der Waals surface area contributed by atoms with Gasteiger partial charge in [0, 0.05) is 0 Å². The molecule has 1 aromatic carbocycles. The molecule has 2 N–H and O–H groups in total. The normalized spacial score (nSPS) is 10.8. The first-order valence-electron chi connectivity index (χ1n) is 6.04. The fraction of sp³-hybridized carbons (Fsp3) is 0.286. The van der Waals surface area contributed by atoms with Gasteiger partial charge in [-0.25, -0.2) is 0 Å². The Morgan fingerprint density at radius 3 is 2.55 bits per heavy atom. The van der Waals surface area contributed by atoms with Crippen LogP contribution in [0.4, 0.5) is 0 Å². The fourth-order valence-electron chi connectivity index (χ4n) is 1.54. The molecule has 0 bridgehead atoms. The highest BCUT2D eigenvalue weighted by molar-refractivity contribution is 7.80. The first-order chi connectivity index (χ1) is 9.53. The molecule has 20 heavy (non-hydrogen) atoms. The van der Waals surface area contributed by atoms with Gasteiger partial charge in [0.25, 0.3) is 0 Å². The van der Waals surface area contributed by atoms with Gasteiger partial charge in [0.2, 0.25) is 0 Å². The molecule has 0 fully saturated rings. The van der Waals surface area contributed by atoms with Crippen LogP contribution in [0.15, 0.2) is 17.7 Å². The highest BCUT2D eigenvalue weighted by Gasteiger charge is 2.12. The minimum absolute atomic E-state index is 0.0375. The van der Waals surface area contributed by atoms with Gasteiger partial charge < -0.3 is 15.2 Å². The van der Waals surface area contributed by atoms with E-state index in [1.807, 2.05) is 19.9 Å². The van der Waals surface area contributed by atoms with Gasteiger partial charge in [-0.15, -0.1) is 0 Å². The standard InChI is InChI=1S/C14H15ClN2O2S/c1-3-18-12-7-9(5-10(8-16)14(17)20)6-11(15)13(12)19-4-2/h5-7H,3-4H2,1-2H3,(H2,17,20)/b10-5+. The van der Waals surface area contributed by atoms with Crippen LogP contribution in [0.5, 0.6) is 11.5 Å². The predicted molar refractivity (Wildman–Crippen MR) is 84.2 cm³/mol. The van der Waals surface area contributed by atoms with Crippen LogP contribution in [0, 0.1) is 11.3 Å². The Balaban J connectivity index is 3.31. The maximum atomic E-state index is 8.96. The second-order valence-electron chi connectivity index (χ2n) is 3.73. The second-order valence-corrected chi connectivity index (χ2v) is 4.58. The second kappa shape index (κ2) is 7.73. The Bertz CT molecular complexity index is 579. The van der Waals surface area contributed by atoms with E-state index in [2.05, 4.69) is 0 Å². The number of hydrogen-bond donors (Lipinski definition) is 1. The molecule has 0 aromatic heterocycles. The summed E-state index contributed by atoms with van der Waals surface area (Å²) in [5.74, 6) is 1.01. The van der Waals surface area contributed by atoms with Crippen LogP contribution in [-0.4, -0.2) is 18.2 Å². The lowest BCUT2D eigenvalue weighted by molar-refractivity contribution is 0.288. The number of rotatable bonds is 6. The van der Waals surface area contributed by atoms with E-state index in [4.69, 9.17) is 44.3 Å². The molecular formula is C14H15ClN2O2S. The van der Waals surface area contributed by atoms with Crippen molar-refractivity contribution in [1.82, 2.24) is 0 Å². The van der Waals surface area contributed by atoms with Gasteiger partial charge >= 0.3 is 0 Å². The number of nitrogens with two attached hydrogens (primary N) is 1. The van der Waals surface area contributed by atoms with Gasteiger partial charge in [0.05, 0.1) is 23.8 Å². The van der Waals surface area contributed by atoms with Crippen molar-refractivity contribution in [3.05, 3.63) is 28.3 Å². The Labute approximate surface area is 128 Å². The Morgan fingerprint density at radius 2 is 2.05 bits per heavy atom. The molecule has 0 radical (unpaired) electrons. The smallest absolute Gasteiger partial charge is 0.179 e. The van der Waals surface area contributed by atoms with E-state index in [1.54, 1.807) is 18.2 Å². The lowest BCUT2D eigenvalue weighted by Crippen LogP contribution is -2.09. The molecular weight excluding hydrogens is 296 g/mol. The average Bonchev–Trinajstić information content (AvgIpc) is 2.40. The van der Waals surface area contributed by atoms with Crippen molar-refractivity contribution >= 4 is 34.9 Å². The highest BCUT2D eigenvalue weighted by Crippen LogP contribution is 2.37. The molecule has 0 spiro atoms. The van der Waals surface area contributed by atoms with E-state index in [1.165, 1.54) is 0 Å². The first-order valence-corrected chi connectivity index (χ1v) is 6.82. The van der Waals surface area contributed by atoms with Crippen molar-refractivity contribution in [2.75, 3.05) is 13.2 Å². The molecule has 0 saturated heterocycles. The first kappa shape index (κ1) is 16.3. The van der Waals surface area contributed by atoms with Gasteiger partial charge in [0.1, 0.15) is 11.1 Å². The maximum Gasteiger partial charge on any atom is 0.179 e. The van der Waals surface area contributed by atoms with Crippen LogP contribution in [0.3, 0.4) is 0 Å². The van der Waals surface area contributed by atoms with Gasteiger partial charge in [-0.05, 0) is 37.6 Å². The molecule has 0 saturated carbocycles. The molecule has 0 unspecified atom stereocenters. The quantitative estimate of drug-likeness (QED) is 0.496. The minimum Gasteiger partial charge on any atom is -0.490 e. The van der Waals surface area contributed by atoms with Crippen LogP contribution >= 0.6 is 23.8 Å². The lowest BCUT2D eigenvalue weighted by Gasteiger charge is -2.13. The molecule has 0 amide bonds. The SMILES string of the molecule is CCOc1cc(/C=C(\C#N)C(N)=S)cc(Cl)c1OCC. The number of benzene rings is 1. The molecule has 0 aliphatic rings. The third kappa shape index (κ3) is 4.12. The zero-order valence-corrected chi connectivity index (χ0v) is 12.8. The fourth-order valence-corrected chi connectivity index (χ4v) is 1.92. The summed E-state index contributed by atoms with van der Waals surface area (Å²) in [4.78, 5) is 0.0375. The van der Waals surface area contributed by atoms with E-state index in [9.17, 15) is 0 Å². The molecule has 1 rings (SSSR count). The van der Waals surface area contributed by atoms with Gasteiger partial charge in [-0.3, -0.25) is 0 Å². The van der Waals surface area contributed by atoms with E-state index in [0.717, 1.165) is 0 Å². The third-order valence-electron chi connectivity index (χ3n) is 2.32. The number of ether oxygens (including phenoxy) is 2. The minimum atomic E-state index is 0.0375. The van der Waals surface area contributed by atoms with Crippen LogP contribution in [0.25, 0.3) is 6.08 Å². The Kier molecular flexibility index (Phi) is 6.29. The summed E-state index contributed by atoms with van der Waals surface area (Å²) in [5.41, 5.74) is 6.34. The number of thiocarbonyl (C=S) groups is 1. The van der Waals surface area contributed by atoms with Crippen LogP contribution in [-0.2, 0) is 0 Å². The summed E-state index contributed by atoms with van der Waals surface area (Å²) in [6.07, 6.45) is 1.56. The molecule has 106 valence electrons. The zero-order chi connectivity index (χ0) is 15.1. The van der Waals surface area contributed by atoms with E-state index in [-0.39, 0.29) is 10.6 Å². The topological polar surface area (TPSA) is 68.3 Å². The monoisotopic (exact) mass is 310 g/mol. The maximum absolute atomic E-state index is 8.96. The Hall–Kier alpha value is -1.77. The van der Waals surface area contributed by atoms with Crippen molar-refractivity contribution < 1.29 is 9.47 Å². The summed E-state index contributed by atoms with van der Waals surface area (Å²) in [6, 6.07) is 5.34. The third-order valence-corrected chi connectivity index (χ3v) is 2.82. The average molecular weight is 311 g/mol. The number of nitriles is 1. The summed E-state index contributed by atoms with van der Waals surface area (Å²) in [5, 5.41) is 9.37. The van der Waals surface area contributed by atoms with Crippen LogP contribution in [0.1, 0.15) is 19.4 Å². The molecule has 6 heteroatoms. The zero-order valence-electron chi connectivity index (χ0n) is 11.3. The highest BCUT2D eigenvalue weighted by atomic mass is 35.5. The predicted octanol–water partition coefficient (Wildman–Crippen LogP) is 3.33. The molecule has 0 heterocycles. The molecule has 0 atom stereocenters. The lowest BCUT2D eigenvalue weighted by atomic mass is 10.1. The van der Waals surface area contributed by atoms with Crippen LogP contribution in [0.2, 0.25) is 5.02 Å². The van der Waals surface area contributed by atoms with Crippen molar-refractivity contribution in [3.63, 3.8) is 0 Å². The van der Waals surface area contributed by atoms with Crippen LogP contribution < -0.4 is 15.2 Å². The largest absolute Gasteiger partial charge is 0.490 e. The van der Waals surface area contributed by atoms with E-state index < -0.39 is 0 Å². The van der Waals surface area contributed by atoms with E-state index in [0.29, 0.717) is 35.3 Å². The summed E-state index contributed by atoms with van der Waals surface area (Å²) < 4.78 is 11.0. The molecule has 0 aliphatic heterocycles. The van der Waals surface area contributed by atoms with Crippen molar-refractivity contribution in [2.24, 2.45) is 5.73 Å².